The largest absolute Gasteiger partial charge is 0.314 e. The molecule has 1 aromatic carbocycles. The molecule has 100 valence electrons. The van der Waals surface area contributed by atoms with E-state index >= 15 is 0 Å². The molecule has 18 heavy (non-hydrogen) atoms. The van der Waals surface area contributed by atoms with E-state index < -0.39 is 0 Å². The maximum absolute atomic E-state index is 3.70. The average Bonchev–Trinajstić information content (AvgIpc) is 2.27. The number of thioether (sulfide) groups is 1. The summed E-state index contributed by atoms with van der Waals surface area (Å²) in [5, 5.41) is 3.70. The lowest BCUT2D eigenvalue weighted by molar-refractivity contribution is 0.282. The van der Waals surface area contributed by atoms with Crippen molar-refractivity contribution in [3.05, 3.63) is 35.4 Å². The van der Waals surface area contributed by atoms with Crippen molar-refractivity contribution in [2.24, 2.45) is 5.92 Å². The zero-order chi connectivity index (χ0) is 13.0. The molecule has 0 aromatic heterocycles. The van der Waals surface area contributed by atoms with E-state index in [0.29, 0.717) is 0 Å². The second-order valence-corrected chi connectivity index (χ2v) is 6.66. The molecule has 1 aliphatic rings. The van der Waals surface area contributed by atoms with Crippen LogP contribution in [0.15, 0.2) is 24.3 Å². The summed E-state index contributed by atoms with van der Waals surface area (Å²) in [6, 6.07) is 9.75. The molecule has 0 aliphatic heterocycles. The molecule has 0 amide bonds. The Morgan fingerprint density at radius 3 is 2.83 bits per heavy atom. The fraction of sp³-hybridized carbons (Fsp3) is 0.625. The summed E-state index contributed by atoms with van der Waals surface area (Å²) in [7, 11) is 0. The van der Waals surface area contributed by atoms with Gasteiger partial charge in [-0.3, -0.25) is 0 Å². The molecular weight excluding hydrogens is 238 g/mol. The molecule has 2 heteroatoms. The quantitative estimate of drug-likeness (QED) is 0.837. The molecule has 1 nitrogen and oxygen atoms in total. The monoisotopic (exact) mass is 263 g/mol. The van der Waals surface area contributed by atoms with Crippen LogP contribution in [0.1, 0.15) is 36.8 Å². The average molecular weight is 263 g/mol. The first kappa shape index (κ1) is 14.0. The fourth-order valence-electron chi connectivity index (χ4n) is 2.69. The van der Waals surface area contributed by atoms with Gasteiger partial charge in [0.15, 0.2) is 0 Å². The summed E-state index contributed by atoms with van der Waals surface area (Å²) in [6.07, 6.45) is 4.82. The van der Waals surface area contributed by atoms with Crippen molar-refractivity contribution >= 4 is 11.8 Å². The topological polar surface area (TPSA) is 12.0 Å². The Labute approximate surface area is 116 Å². The zero-order valence-electron chi connectivity index (χ0n) is 11.8. The highest BCUT2D eigenvalue weighted by Crippen LogP contribution is 2.37. The zero-order valence-corrected chi connectivity index (χ0v) is 12.6. The minimum Gasteiger partial charge on any atom is -0.314 e. The third-order valence-electron chi connectivity index (χ3n) is 3.86. The molecule has 1 atom stereocenters. The number of nitrogens with one attached hydrogen (secondary N) is 1. The van der Waals surface area contributed by atoms with E-state index in [2.05, 4.69) is 49.7 Å². The summed E-state index contributed by atoms with van der Waals surface area (Å²) < 4.78 is 0. The lowest BCUT2D eigenvalue weighted by atomic mass is 9.75. The minimum atomic E-state index is 0.750. The van der Waals surface area contributed by atoms with Gasteiger partial charge in [0.1, 0.15) is 0 Å². The number of rotatable bonds is 6. The van der Waals surface area contributed by atoms with Gasteiger partial charge in [0.25, 0.3) is 0 Å². The molecule has 1 N–H and O–H groups in total. The summed E-state index contributed by atoms with van der Waals surface area (Å²) >= 11 is 1.95. The van der Waals surface area contributed by atoms with Crippen molar-refractivity contribution in [2.75, 3.05) is 18.6 Å². The van der Waals surface area contributed by atoms with E-state index in [9.17, 15) is 0 Å². The third-order valence-corrected chi connectivity index (χ3v) is 4.76. The summed E-state index contributed by atoms with van der Waals surface area (Å²) in [5.41, 5.74) is 2.92. The molecule has 1 saturated carbocycles. The minimum absolute atomic E-state index is 0.750. The molecule has 1 aromatic rings. The SMILES string of the molecule is CSCC(C)CNC1CC(c2cccc(C)c2)C1. The van der Waals surface area contributed by atoms with Crippen LogP contribution < -0.4 is 5.32 Å². The van der Waals surface area contributed by atoms with Crippen molar-refractivity contribution in [3.8, 4) is 0 Å². The van der Waals surface area contributed by atoms with Crippen LogP contribution >= 0.6 is 11.8 Å². The Balaban J connectivity index is 1.71. The van der Waals surface area contributed by atoms with Crippen LogP contribution in [0, 0.1) is 12.8 Å². The van der Waals surface area contributed by atoms with Crippen molar-refractivity contribution in [1.29, 1.82) is 0 Å². The van der Waals surface area contributed by atoms with Crippen LogP contribution in [0.25, 0.3) is 0 Å². The predicted molar refractivity (Wildman–Crippen MR) is 82.5 cm³/mol. The highest BCUT2D eigenvalue weighted by atomic mass is 32.2. The first-order chi connectivity index (χ1) is 8.69. The molecular formula is C16H25NS. The van der Waals surface area contributed by atoms with E-state index in [1.54, 1.807) is 0 Å². The molecule has 1 aliphatic carbocycles. The number of aryl methyl sites for hydroxylation is 1. The maximum Gasteiger partial charge on any atom is 0.00788 e. The highest BCUT2D eigenvalue weighted by Gasteiger charge is 2.29. The Hall–Kier alpha value is -0.470. The fourth-order valence-corrected chi connectivity index (χ4v) is 3.38. The lowest BCUT2D eigenvalue weighted by Gasteiger charge is -2.37. The maximum atomic E-state index is 3.70. The van der Waals surface area contributed by atoms with Crippen LogP contribution in [0.4, 0.5) is 0 Å². The summed E-state index contributed by atoms with van der Waals surface area (Å²) in [5.74, 6) is 2.84. The van der Waals surface area contributed by atoms with Crippen molar-refractivity contribution in [2.45, 2.75) is 38.6 Å². The lowest BCUT2D eigenvalue weighted by Crippen LogP contribution is -2.42. The van der Waals surface area contributed by atoms with Gasteiger partial charge in [0, 0.05) is 6.04 Å². The van der Waals surface area contributed by atoms with Gasteiger partial charge in [-0.2, -0.15) is 11.8 Å². The van der Waals surface area contributed by atoms with Crippen molar-refractivity contribution in [3.63, 3.8) is 0 Å². The standard InChI is InChI=1S/C16H25NS/c1-12-5-4-6-14(7-12)15-8-16(9-15)17-10-13(2)11-18-3/h4-7,13,15-17H,8-11H2,1-3H3. The van der Waals surface area contributed by atoms with Crippen LogP contribution in [0.3, 0.4) is 0 Å². The molecule has 0 spiro atoms. The highest BCUT2D eigenvalue weighted by molar-refractivity contribution is 7.98. The Morgan fingerprint density at radius 1 is 1.39 bits per heavy atom. The van der Waals surface area contributed by atoms with Crippen LogP contribution in [0.5, 0.6) is 0 Å². The van der Waals surface area contributed by atoms with Crippen molar-refractivity contribution < 1.29 is 0 Å². The first-order valence-corrected chi connectivity index (χ1v) is 8.37. The number of benzene rings is 1. The van der Waals surface area contributed by atoms with Gasteiger partial charge < -0.3 is 5.32 Å². The van der Waals surface area contributed by atoms with Crippen LogP contribution in [0.2, 0.25) is 0 Å². The van der Waals surface area contributed by atoms with E-state index in [1.807, 2.05) is 11.8 Å². The Morgan fingerprint density at radius 2 is 2.17 bits per heavy atom. The molecule has 2 rings (SSSR count). The van der Waals surface area contributed by atoms with Crippen molar-refractivity contribution in [1.82, 2.24) is 5.32 Å². The smallest absolute Gasteiger partial charge is 0.00788 e. The summed E-state index contributed by atoms with van der Waals surface area (Å²) in [6.45, 7) is 5.69. The number of hydrogen-bond acceptors (Lipinski definition) is 2. The Bertz CT molecular complexity index is 371. The van der Waals surface area contributed by atoms with E-state index in [1.165, 1.54) is 36.3 Å². The Kier molecular flexibility index (Phi) is 5.13. The third kappa shape index (κ3) is 3.76. The van der Waals surface area contributed by atoms with Gasteiger partial charge in [-0.05, 0) is 55.7 Å². The van der Waals surface area contributed by atoms with E-state index in [0.717, 1.165) is 17.9 Å². The van der Waals surface area contributed by atoms with Gasteiger partial charge >= 0.3 is 0 Å². The molecule has 0 heterocycles. The molecule has 1 fully saturated rings. The molecule has 0 bridgehead atoms. The van der Waals surface area contributed by atoms with Gasteiger partial charge in [-0.1, -0.05) is 36.8 Å². The second-order valence-electron chi connectivity index (χ2n) is 5.75. The summed E-state index contributed by atoms with van der Waals surface area (Å²) in [4.78, 5) is 0. The normalized spacial score (nSPS) is 24.6. The van der Waals surface area contributed by atoms with Gasteiger partial charge in [-0.15, -0.1) is 0 Å². The van der Waals surface area contributed by atoms with Gasteiger partial charge in [0.2, 0.25) is 0 Å². The van der Waals surface area contributed by atoms with Gasteiger partial charge in [-0.25, -0.2) is 0 Å². The molecule has 1 unspecified atom stereocenters. The second kappa shape index (κ2) is 6.63. The van der Waals surface area contributed by atoms with E-state index in [-0.39, 0.29) is 0 Å². The molecule has 0 radical (unpaired) electrons. The van der Waals surface area contributed by atoms with E-state index in [4.69, 9.17) is 0 Å². The molecule has 0 saturated heterocycles. The van der Waals surface area contributed by atoms with Crippen LogP contribution in [-0.2, 0) is 0 Å². The van der Waals surface area contributed by atoms with Crippen LogP contribution in [-0.4, -0.2) is 24.6 Å². The number of hydrogen-bond donors (Lipinski definition) is 1. The first-order valence-electron chi connectivity index (χ1n) is 6.98. The predicted octanol–water partition coefficient (Wildman–Crippen LogP) is 3.83. The van der Waals surface area contributed by atoms with Gasteiger partial charge in [0.05, 0.1) is 0 Å².